The van der Waals surface area contributed by atoms with Crippen LogP contribution in [0.3, 0.4) is 0 Å². The minimum absolute atomic E-state index is 0. The second kappa shape index (κ2) is 13.6. The first-order chi connectivity index (χ1) is 13.5. The number of hydrogen-bond donors (Lipinski definition) is 2. The fraction of sp³-hybridized carbons (Fsp3) is 0.381. The van der Waals surface area contributed by atoms with Gasteiger partial charge >= 0.3 is 0 Å². The smallest absolute Gasteiger partial charge is 0.191 e. The van der Waals surface area contributed by atoms with Gasteiger partial charge in [-0.25, -0.2) is 8.42 Å². The van der Waals surface area contributed by atoms with Gasteiger partial charge in [0.2, 0.25) is 0 Å². The monoisotopic (exact) mass is 531 g/mol. The summed E-state index contributed by atoms with van der Waals surface area (Å²) in [4.78, 5) is 4.48. The number of halogens is 1. The first-order valence-corrected chi connectivity index (χ1v) is 11.0. The Morgan fingerprint density at radius 1 is 1.03 bits per heavy atom. The molecule has 0 amide bonds. The summed E-state index contributed by atoms with van der Waals surface area (Å²) in [6, 6.07) is 18.5. The highest BCUT2D eigenvalue weighted by Crippen LogP contribution is 2.09. The molecule has 2 N–H and O–H groups in total. The fourth-order valence-corrected chi connectivity index (χ4v) is 3.73. The predicted molar refractivity (Wildman–Crippen MR) is 129 cm³/mol. The van der Waals surface area contributed by atoms with E-state index in [9.17, 15) is 8.42 Å². The van der Waals surface area contributed by atoms with Crippen LogP contribution in [0.15, 0.2) is 70.6 Å². The average molecular weight is 531 g/mol. The molecule has 0 aliphatic carbocycles. The summed E-state index contributed by atoms with van der Waals surface area (Å²) in [6.07, 6.45) is 0. The summed E-state index contributed by atoms with van der Waals surface area (Å²) >= 11 is 0. The number of guanidine groups is 1. The Labute approximate surface area is 191 Å². The summed E-state index contributed by atoms with van der Waals surface area (Å²) in [5.74, 6) is 0.876. The molecule has 0 saturated heterocycles. The van der Waals surface area contributed by atoms with Crippen LogP contribution in [-0.2, 0) is 21.2 Å². The van der Waals surface area contributed by atoms with Crippen molar-refractivity contribution in [3.8, 4) is 0 Å². The number of hydrogen-bond acceptors (Lipinski definition) is 4. The third kappa shape index (κ3) is 9.60. The Bertz CT molecular complexity index is 831. The molecule has 0 spiro atoms. The van der Waals surface area contributed by atoms with Gasteiger partial charge in [0.05, 0.1) is 23.9 Å². The van der Waals surface area contributed by atoms with Crippen LogP contribution in [0.5, 0.6) is 0 Å². The predicted octanol–water partition coefficient (Wildman–Crippen LogP) is 3.10. The Morgan fingerprint density at radius 2 is 1.66 bits per heavy atom. The van der Waals surface area contributed by atoms with Crippen LogP contribution in [0.4, 0.5) is 0 Å². The maximum Gasteiger partial charge on any atom is 0.191 e. The molecular weight excluding hydrogens is 501 g/mol. The van der Waals surface area contributed by atoms with Crippen LogP contribution >= 0.6 is 24.0 Å². The minimum atomic E-state index is -3.30. The number of nitrogens with one attached hydrogen (secondary N) is 2. The molecule has 6 nitrogen and oxygen atoms in total. The van der Waals surface area contributed by atoms with E-state index in [-0.39, 0.29) is 42.2 Å². The number of rotatable bonds is 10. The first kappa shape index (κ1) is 25.4. The van der Waals surface area contributed by atoms with Crippen LogP contribution in [0.2, 0.25) is 0 Å². The van der Waals surface area contributed by atoms with Crippen LogP contribution < -0.4 is 10.6 Å². The number of aliphatic imine (C=N–C) groups is 1. The molecule has 2 rings (SSSR count). The lowest BCUT2D eigenvalue weighted by Crippen LogP contribution is -2.41. The van der Waals surface area contributed by atoms with Gasteiger partial charge in [-0.1, -0.05) is 55.5 Å². The van der Waals surface area contributed by atoms with Crippen LogP contribution in [0.25, 0.3) is 0 Å². The molecule has 160 valence electrons. The molecule has 2 aromatic carbocycles. The van der Waals surface area contributed by atoms with Gasteiger partial charge in [0, 0.05) is 20.1 Å². The van der Waals surface area contributed by atoms with Gasteiger partial charge in [0.25, 0.3) is 0 Å². The van der Waals surface area contributed by atoms with E-state index in [1.165, 1.54) is 0 Å². The Kier molecular flexibility index (Phi) is 11.9. The molecule has 2 aromatic rings. The van der Waals surface area contributed by atoms with Crippen LogP contribution in [0, 0.1) is 5.92 Å². The SMILES string of the molecule is CN=C(NCCS(=O)(=O)c1ccccc1)NCC(C)COCc1ccccc1.I. The molecule has 1 atom stereocenters. The average Bonchev–Trinajstić information content (AvgIpc) is 2.72. The van der Waals surface area contributed by atoms with Crippen molar-refractivity contribution < 1.29 is 13.2 Å². The minimum Gasteiger partial charge on any atom is -0.376 e. The van der Waals surface area contributed by atoms with E-state index in [0.29, 0.717) is 30.6 Å². The number of nitrogens with zero attached hydrogens (tertiary/aromatic N) is 1. The lowest BCUT2D eigenvalue weighted by molar-refractivity contribution is 0.0931. The summed E-state index contributed by atoms with van der Waals surface area (Å²) in [5.41, 5.74) is 1.15. The highest BCUT2D eigenvalue weighted by atomic mass is 127. The standard InChI is InChI=1S/C21H29N3O3S.HI/c1-18(16-27-17-19-9-5-3-6-10-19)15-24-21(22-2)23-13-14-28(25,26)20-11-7-4-8-12-20;/h3-12,18H,13-17H2,1-2H3,(H2,22,23,24);1H. The van der Waals surface area contributed by atoms with Crippen molar-refractivity contribution >= 4 is 39.8 Å². The number of ether oxygens (including phenoxy) is 1. The van der Waals surface area contributed by atoms with Crippen molar-refractivity contribution in [1.82, 2.24) is 10.6 Å². The molecule has 0 fully saturated rings. The Balaban J connectivity index is 0.00000420. The lowest BCUT2D eigenvalue weighted by Gasteiger charge is -2.16. The van der Waals surface area contributed by atoms with Gasteiger partial charge in [-0.2, -0.15) is 0 Å². The molecular formula is C21H30IN3O3S. The van der Waals surface area contributed by atoms with Crippen molar-refractivity contribution in [2.24, 2.45) is 10.9 Å². The summed E-state index contributed by atoms with van der Waals surface area (Å²) in [7, 11) is -1.63. The molecule has 0 radical (unpaired) electrons. The van der Waals surface area contributed by atoms with E-state index in [1.54, 1.807) is 37.4 Å². The van der Waals surface area contributed by atoms with Gasteiger partial charge in [-0.3, -0.25) is 4.99 Å². The van der Waals surface area contributed by atoms with Crippen molar-refractivity contribution in [3.63, 3.8) is 0 Å². The van der Waals surface area contributed by atoms with Gasteiger partial charge in [0.15, 0.2) is 15.8 Å². The van der Waals surface area contributed by atoms with Crippen molar-refractivity contribution in [3.05, 3.63) is 66.2 Å². The maximum atomic E-state index is 12.3. The second-order valence-corrected chi connectivity index (χ2v) is 8.73. The molecule has 0 aliphatic heterocycles. The van der Waals surface area contributed by atoms with Crippen molar-refractivity contribution in [1.29, 1.82) is 0 Å². The molecule has 0 heterocycles. The highest BCUT2D eigenvalue weighted by Gasteiger charge is 2.13. The molecule has 8 heteroatoms. The fourth-order valence-electron chi connectivity index (χ4n) is 2.55. The highest BCUT2D eigenvalue weighted by molar-refractivity contribution is 14.0. The molecule has 29 heavy (non-hydrogen) atoms. The lowest BCUT2D eigenvalue weighted by atomic mass is 10.2. The molecule has 0 saturated carbocycles. The Hall–Kier alpha value is -1.65. The third-order valence-corrected chi connectivity index (χ3v) is 5.85. The zero-order valence-electron chi connectivity index (χ0n) is 16.9. The summed E-state index contributed by atoms with van der Waals surface area (Å²) in [6.45, 7) is 4.28. The van der Waals surface area contributed by atoms with E-state index in [2.05, 4.69) is 22.5 Å². The zero-order valence-corrected chi connectivity index (χ0v) is 20.0. The van der Waals surface area contributed by atoms with Crippen molar-refractivity contribution in [2.45, 2.75) is 18.4 Å². The summed E-state index contributed by atoms with van der Waals surface area (Å²) < 4.78 is 30.3. The third-order valence-electron chi connectivity index (χ3n) is 4.12. The van der Waals surface area contributed by atoms with E-state index >= 15 is 0 Å². The largest absolute Gasteiger partial charge is 0.376 e. The van der Waals surface area contributed by atoms with E-state index in [0.717, 1.165) is 5.56 Å². The van der Waals surface area contributed by atoms with Gasteiger partial charge in [-0.15, -0.1) is 24.0 Å². The first-order valence-electron chi connectivity index (χ1n) is 9.35. The van der Waals surface area contributed by atoms with Gasteiger partial charge < -0.3 is 15.4 Å². The van der Waals surface area contributed by atoms with Crippen LogP contribution in [0.1, 0.15) is 12.5 Å². The number of sulfone groups is 1. The Morgan fingerprint density at radius 3 is 2.28 bits per heavy atom. The maximum absolute atomic E-state index is 12.3. The normalized spacial score (nSPS) is 12.7. The summed E-state index contributed by atoms with van der Waals surface area (Å²) in [5, 5.41) is 6.26. The van der Waals surface area contributed by atoms with Crippen molar-refractivity contribution in [2.75, 3.05) is 32.5 Å². The zero-order chi connectivity index (χ0) is 20.2. The van der Waals surface area contributed by atoms with E-state index in [4.69, 9.17) is 4.74 Å². The second-order valence-electron chi connectivity index (χ2n) is 6.62. The topological polar surface area (TPSA) is 79.8 Å². The van der Waals surface area contributed by atoms with Crippen LogP contribution in [-0.4, -0.2) is 46.9 Å². The number of benzene rings is 2. The molecule has 0 bridgehead atoms. The molecule has 0 aromatic heterocycles. The molecule has 1 unspecified atom stereocenters. The van der Waals surface area contributed by atoms with E-state index < -0.39 is 9.84 Å². The molecule has 0 aliphatic rings. The quantitative estimate of drug-likeness (QED) is 0.280. The van der Waals surface area contributed by atoms with Gasteiger partial charge in [0.1, 0.15) is 0 Å². The van der Waals surface area contributed by atoms with E-state index in [1.807, 2.05) is 30.3 Å². The van der Waals surface area contributed by atoms with Gasteiger partial charge in [-0.05, 0) is 23.6 Å².